The van der Waals surface area contributed by atoms with Gasteiger partial charge in [-0.05, 0) is 36.8 Å². The van der Waals surface area contributed by atoms with Gasteiger partial charge in [-0.1, -0.05) is 54.6 Å². The number of amides is 1. The molecule has 170 valence electrons. The molecule has 3 aromatic carbocycles. The number of benzene rings is 3. The van der Waals surface area contributed by atoms with Crippen molar-refractivity contribution in [3.05, 3.63) is 102 Å². The number of methoxy groups -OCH3 is 1. The Hall–Kier alpha value is -4.52. The summed E-state index contributed by atoms with van der Waals surface area (Å²) in [6.45, 7) is 1.88. The molecule has 1 atom stereocenters. The minimum Gasteiger partial charge on any atom is -0.504 e. The van der Waals surface area contributed by atoms with Gasteiger partial charge in [0, 0.05) is 23.0 Å². The Kier molecular flexibility index (Phi) is 5.51. The van der Waals surface area contributed by atoms with Crippen LogP contribution in [0.5, 0.6) is 11.5 Å². The molecule has 1 aromatic heterocycles. The molecule has 1 aliphatic heterocycles. The van der Waals surface area contributed by atoms with Crippen molar-refractivity contribution in [2.45, 2.75) is 13.0 Å². The van der Waals surface area contributed by atoms with E-state index in [1.807, 2.05) is 73.7 Å². The molecule has 0 fully saturated rings. The first-order chi connectivity index (χ1) is 16.5. The van der Waals surface area contributed by atoms with Crippen LogP contribution in [0.15, 0.2) is 96.2 Å². The molecule has 0 saturated carbocycles. The van der Waals surface area contributed by atoms with E-state index < -0.39 is 6.04 Å². The summed E-state index contributed by atoms with van der Waals surface area (Å²) in [4.78, 5) is 13.5. The highest BCUT2D eigenvalue weighted by Gasteiger charge is 2.34. The highest BCUT2D eigenvalue weighted by atomic mass is 16.5. The first-order valence-electron chi connectivity index (χ1n) is 10.9. The zero-order valence-electron chi connectivity index (χ0n) is 18.8. The van der Waals surface area contributed by atoms with E-state index in [0.29, 0.717) is 17.0 Å². The van der Waals surface area contributed by atoms with Gasteiger partial charge in [0.25, 0.3) is 5.91 Å². The number of ether oxygens (including phenoxy) is 1. The van der Waals surface area contributed by atoms with E-state index in [-0.39, 0.29) is 11.7 Å². The number of carbonyl (C=O) groups excluding carboxylic acids is 1. The minimum absolute atomic E-state index is 0.0295. The van der Waals surface area contributed by atoms with Crippen LogP contribution in [0.3, 0.4) is 0 Å². The lowest BCUT2D eigenvalue weighted by Gasteiger charge is -2.30. The van der Waals surface area contributed by atoms with Crippen molar-refractivity contribution in [2.75, 3.05) is 17.7 Å². The maximum absolute atomic E-state index is 13.5. The highest BCUT2D eigenvalue weighted by molar-refractivity contribution is 6.06. The normalized spacial score (nSPS) is 14.8. The van der Waals surface area contributed by atoms with E-state index in [0.717, 1.165) is 28.3 Å². The smallest absolute Gasteiger partial charge is 0.255 e. The van der Waals surface area contributed by atoms with E-state index in [1.165, 1.54) is 7.11 Å². The fraction of sp³-hybridized carbons (Fsp3) is 0.111. The predicted molar refractivity (Wildman–Crippen MR) is 132 cm³/mol. The van der Waals surface area contributed by atoms with Crippen LogP contribution in [-0.4, -0.2) is 27.9 Å². The van der Waals surface area contributed by atoms with Gasteiger partial charge in [-0.2, -0.15) is 5.10 Å². The number of hydrogen-bond donors (Lipinski definition) is 3. The van der Waals surface area contributed by atoms with Gasteiger partial charge in [-0.3, -0.25) is 4.79 Å². The second-order valence-electron chi connectivity index (χ2n) is 8.04. The Balaban J connectivity index is 1.63. The third-order valence-corrected chi connectivity index (χ3v) is 5.84. The summed E-state index contributed by atoms with van der Waals surface area (Å²) < 4.78 is 7.15. The Morgan fingerprint density at radius 1 is 1.03 bits per heavy atom. The number of para-hydroxylation sites is 1. The number of phenols is 1. The summed E-state index contributed by atoms with van der Waals surface area (Å²) in [5, 5.41) is 21.4. The molecule has 0 spiro atoms. The van der Waals surface area contributed by atoms with Crippen molar-refractivity contribution in [3.63, 3.8) is 0 Å². The third-order valence-electron chi connectivity index (χ3n) is 5.84. The van der Waals surface area contributed by atoms with Crippen molar-refractivity contribution in [3.8, 4) is 22.8 Å². The molecule has 0 radical (unpaired) electrons. The monoisotopic (exact) mass is 452 g/mol. The fourth-order valence-electron chi connectivity index (χ4n) is 4.21. The fourth-order valence-corrected chi connectivity index (χ4v) is 4.21. The maximum atomic E-state index is 13.5. The first kappa shape index (κ1) is 21.3. The Morgan fingerprint density at radius 2 is 1.74 bits per heavy atom. The van der Waals surface area contributed by atoms with Gasteiger partial charge < -0.3 is 20.5 Å². The number of nitrogens with zero attached hydrogens (tertiary/aromatic N) is 2. The molecular formula is C27H24N4O3. The Bertz CT molecular complexity index is 1380. The van der Waals surface area contributed by atoms with Crippen LogP contribution in [0.1, 0.15) is 18.5 Å². The lowest BCUT2D eigenvalue weighted by molar-refractivity contribution is -0.113. The Morgan fingerprint density at radius 3 is 2.44 bits per heavy atom. The summed E-state index contributed by atoms with van der Waals surface area (Å²) in [6.07, 6.45) is 0. The van der Waals surface area contributed by atoms with Gasteiger partial charge in [-0.25, -0.2) is 4.68 Å². The molecule has 0 saturated heterocycles. The van der Waals surface area contributed by atoms with Gasteiger partial charge in [0.1, 0.15) is 11.9 Å². The summed E-state index contributed by atoms with van der Waals surface area (Å²) >= 11 is 0. The molecule has 2 heterocycles. The molecule has 1 aliphatic rings. The quantitative estimate of drug-likeness (QED) is 0.388. The second-order valence-corrected chi connectivity index (χ2v) is 8.04. The molecule has 5 rings (SSSR count). The number of carbonyl (C=O) groups is 1. The van der Waals surface area contributed by atoms with Gasteiger partial charge in [0.2, 0.25) is 0 Å². The van der Waals surface area contributed by atoms with Crippen LogP contribution < -0.4 is 15.4 Å². The molecular weight excluding hydrogens is 428 g/mol. The summed E-state index contributed by atoms with van der Waals surface area (Å²) in [7, 11) is 1.50. The van der Waals surface area contributed by atoms with Crippen molar-refractivity contribution >= 4 is 17.4 Å². The SMILES string of the molecule is COc1cc([C@@H]2C(C(=O)Nc3ccccc3)=C(C)Nc3cc(-c4ccccc4)nn32)ccc1O. The molecule has 34 heavy (non-hydrogen) atoms. The molecule has 3 N–H and O–H groups in total. The predicted octanol–water partition coefficient (Wildman–Crippen LogP) is 5.19. The lowest BCUT2D eigenvalue weighted by Crippen LogP contribution is -2.31. The number of nitrogens with one attached hydrogen (secondary N) is 2. The Labute approximate surface area is 197 Å². The summed E-state index contributed by atoms with van der Waals surface area (Å²) in [6, 6.07) is 25.7. The topological polar surface area (TPSA) is 88.4 Å². The molecule has 0 aliphatic carbocycles. The number of rotatable bonds is 5. The number of phenolic OH excluding ortho intramolecular Hbond substituents is 1. The van der Waals surface area contributed by atoms with E-state index in [1.54, 1.807) is 22.9 Å². The van der Waals surface area contributed by atoms with Crippen molar-refractivity contribution in [2.24, 2.45) is 0 Å². The van der Waals surface area contributed by atoms with E-state index in [4.69, 9.17) is 9.84 Å². The molecule has 7 heteroatoms. The van der Waals surface area contributed by atoms with Crippen LogP contribution in [-0.2, 0) is 4.79 Å². The number of hydrogen-bond acceptors (Lipinski definition) is 5. The average Bonchev–Trinajstić information content (AvgIpc) is 3.28. The summed E-state index contributed by atoms with van der Waals surface area (Å²) in [5.74, 6) is 0.885. The lowest BCUT2D eigenvalue weighted by atomic mass is 9.94. The van der Waals surface area contributed by atoms with Gasteiger partial charge in [0.05, 0.1) is 18.4 Å². The zero-order chi connectivity index (χ0) is 23.7. The van der Waals surface area contributed by atoms with Crippen LogP contribution in [0, 0.1) is 0 Å². The van der Waals surface area contributed by atoms with Crippen LogP contribution in [0.2, 0.25) is 0 Å². The maximum Gasteiger partial charge on any atom is 0.255 e. The number of anilines is 2. The molecule has 4 aromatic rings. The summed E-state index contributed by atoms with van der Waals surface area (Å²) in [5.41, 5.74) is 4.46. The molecule has 1 amide bonds. The standard InChI is InChI=1S/C27H24N4O3/c1-17-25(27(33)29-20-11-7-4-8-12-20)26(19-13-14-22(32)23(15-19)34-2)31-24(28-17)16-21(30-31)18-9-5-3-6-10-18/h3-16,26,28,32H,1-2H3,(H,29,33)/t26-/m1/s1. The van der Waals surface area contributed by atoms with Crippen LogP contribution in [0.25, 0.3) is 11.3 Å². The molecule has 0 unspecified atom stereocenters. The molecule has 7 nitrogen and oxygen atoms in total. The average molecular weight is 453 g/mol. The van der Waals surface area contributed by atoms with Crippen molar-refractivity contribution in [1.29, 1.82) is 0 Å². The largest absolute Gasteiger partial charge is 0.504 e. The number of fused-ring (bicyclic) bond motifs is 1. The molecule has 0 bridgehead atoms. The third kappa shape index (κ3) is 3.88. The van der Waals surface area contributed by atoms with E-state index in [2.05, 4.69) is 10.6 Å². The number of aromatic nitrogens is 2. The highest BCUT2D eigenvalue weighted by Crippen LogP contribution is 2.40. The van der Waals surface area contributed by atoms with Crippen LogP contribution >= 0.6 is 0 Å². The number of aromatic hydroxyl groups is 1. The van der Waals surface area contributed by atoms with Crippen molar-refractivity contribution in [1.82, 2.24) is 9.78 Å². The first-order valence-corrected chi connectivity index (χ1v) is 10.9. The van der Waals surface area contributed by atoms with E-state index in [9.17, 15) is 9.90 Å². The number of allylic oxidation sites excluding steroid dienone is 1. The van der Waals surface area contributed by atoms with E-state index >= 15 is 0 Å². The van der Waals surface area contributed by atoms with Gasteiger partial charge in [-0.15, -0.1) is 0 Å². The van der Waals surface area contributed by atoms with Gasteiger partial charge in [0.15, 0.2) is 11.5 Å². The van der Waals surface area contributed by atoms with Crippen LogP contribution in [0.4, 0.5) is 11.5 Å². The minimum atomic E-state index is -0.535. The van der Waals surface area contributed by atoms with Gasteiger partial charge >= 0.3 is 0 Å². The van der Waals surface area contributed by atoms with Crippen molar-refractivity contribution < 1.29 is 14.6 Å². The second kappa shape index (κ2) is 8.78. The zero-order valence-corrected chi connectivity index (χ0v) is 18.8.